The van der Waals surface area contributed by atoms with Gasteiger partial charge in [0.1, 0.15) is 24.7 Å². The van der Waals surface area contributed by atoms with E-state index in [4.69, 9.17) is 10.2 Å². The molecule has 9 N–H and O–H groups in total. The molecule has 0 bridgehead atoms. The first kappa shape index (κ1) is 50.2. The monoisotopic (exact) mass is 845 g/mol. The maximum atomic E-state index is 14.5. The second kappa shape index (κ2) is 24.2. The number of hydrogen-bond donors (Lipinski definition) is 9. The molecule has 1 aromatic carbocycles. The number of carbonyl (C=O) groups is 10. The normalized spacial score (nSPS) is 15.9. The fraction of sp³-hybridized carbons (Fsp3) is 0.600. The van der Waals surface area contributed by atoms with Gasteiger partial charge in [0.25, 0.3) is 5.91 Å². The van der Waals surface area contributed by atoms with Crippen molar-refractivity contribution in [2.24, 2.45) is 11.8 Å². The number of ketones is 1. The Morgan fingerprint density at radius 1 is 0.717 bits per heavy atom. The van der Waals surface area contributed by atoms with Crippen molar-refractivity contribution < 1.29 is 63.3 Å². The first-order valence-electron chi connectivity index (χ1n) is 19.9. The van der Waals surface area contributed by atoms with Gasteiger partial charge in [-0.05, 0) is 42.2 Å². The lowest BCUT2D eigenvalue weighted by Gasteiger charge is -2.39. The summed E-state index contributed by atoms with van der Waals surface area (Å²) in [5, 5.41) is 42.9. The highest BCUT2D eigenvalue weighted by molar-refractivity contribution is 6.38. The summed E-state index contributed by atoms with van der Waals surface area (Å²) in [6.07, 6.45) is -0.629. The number of carboxylic acids is 3. The first-order valence-corrected chi connectivity index (χ1v) is 19.9. The number of nitrogens with one attached hydrogen (secondary N) is 6. The van der Waals surface area contributed by atoms with Crippen LogP contribution in [0.15, 0.2) is 24.3 Å². The molecule has 2 rings (SSSR count). The van der Waals surface area contributed by atoms with Gasteiger partial charge in [0.2, 0.25) is 35.3 Å². The number of nitrogens with zero attached hydrogens (tertiary/aromatic N) is 1. The van der Waals surface area contributed by atoms with Crippen LogP contribution in [0.5, 0.6) is 0 Å². The third-order valence-corrected chi connectivity index (χ3v) is 9.83. The summed E-state index contributed by atoms with van der Waals surface area (Å²) in [4.78, 5) is 128. The van der Waals surface area contributed by atoms with Crippen LogP contribution in [0.25, 0.3) is 0 Å². The molecule has 0 aromatic heterocycles. The van der Waals surface area contributed by atoms with Gasteiger partial charge in [-0.1, -0.05) is 65.3 Å². The molecule has 0 fully saturated rings. The van der Waals surface area contributed by atoms with Gasteiger partial charge in [0.05, 0.1) is 12.1 Å². The average molecular weight is 846 g/mol. The van der Waals surface area contributed by atoms with Crippen molar-refractivity contribution in [3.8, 4) is 0 Å². The van der Waals surface area contributed by atoms with Gasteiger partial charge in [-0.3, -0.25) is 47.9 Å². The Balaban J connectivity index is 2.36. The zero-order chi connectivity index (χ0) is 45.3. The molecule has 20 nitrogen and oxygen atoms in total. The first-order chi connectivity index (χ1) is 28.2. The molecule has 0 saturated heterocycles. The number of carbonyl (C=O) groups excluding carboxylic acids is 7. The number of carboxylic acid groups (broad SMARTS) is 3. The Morgan fingerprint density at radius 3 is 1.87 bits per heavy atom. The highest BCUT2D eigenvalue weighted by atomic mass is 16.4. The van der Waals surface area contributed by atoms with Gasteiger partial charge < -0.3 is 52.1 Å². The number of Topliss-reactive ketones (excluding diaryl/α,β-unsaturated/α-hetero) is 1. The maximum absolute atomic E-state index is 14.5. The van der Waals surface area contributed by atoms with E-state index in [2.05, 4.69) is 26.6 Å². The Hall–Kier alpha value is -5.92. The molecular formula is C40H59N7O13. The Labute approximate surface area is 348 Å². The van der Waals surface area contributed by atoms with Gasteiger partial charge >= 0.3 is 17.9 Å². The van der Waals surface area contributed by atoms with E-state index < -0.39 is 120 Å². The number of hydrogen-bond acceptors (Lipinski definition) is 11. The SMILES string of the molecule is CCC[C@H](NC(=O)C1Cc2ccccc2CN1C(=O)[C@@H](NC(=O)[C@@H](NC[C@H](CCC(=O)O)NC(=O)[C@H](CCC(=O)O)NC(C)=O)C(C)C)C(C)C)C(=O)C(=O)NCC(=O)O. The number of rotatable bonds is 25. The molecule has 1 unspecified atom stereocenters. The minimum atomic E-state index is -1.36. The molecule has 0 spiro atoms. The summed E-state index contributed by atoms with van der Waals surface area (Å²) >= 11 is 0. The highest BCUT2D eigenvalue weighted by Gasteiger charge is 2.41. The van der Waals surface area contributed by atoms with E-state index in [9.17, 15) is 53.1 Å². The molecule has 6 atom stereocenters. The van der Waals surface area contributed by atoms with E-state index in [1.807, 2.05) is 5.32 Å². The van der Waals surface area contributed by atoms with Gasteiger partial charge in [0.15, 0.2) is 0 Å². The largest absolute Gasteiger partial charge is 0.481 e. The predicted molar refractivity (Wildman–Crippen MR) is 214 cm³/mol. The van der Waals surface area contributed by atoms with Crippen molar-refractivity contribution in [1.29, 1.82) is 0 Å². The second-order valence-electron chi connectivity index (χ2n) is 15.4. The lowest BCUT2D eigenvalue weighted by molar-refractivity contribution is -0.147. The van der Waals surface area contributed by atoms with Crippen molar-refractivity contribution in [2.75, 3.05) is 13.1 Å². The van der Waals surface area contributed by atoms with E-state index in [0.29, 0.717) is 6.42 Å². The van der Waals surface area contributed by atoms with Crippen molar-refractivity contribution in [2.45, 2.75) is 129 Å². The van der Waals surface area contributed by atoms with Gasteiger partial charge in [-0.2, -0.15) is 0 Å². The lowest BCUT2D eigenvalue weighted by Crippen LogP contribution is -2.62. The summed E-state index contributed by atoms with van der Waals surface area (Å²) in [7, 11) is 0. The van der Waals surface area contributed by atoms with Crippen LogP contribution in [-0.2, 0) is 60.9 Å². The zero-order valence-electron chi connectivity index (χ0n) is 34.9. The van der Waals surface area contributed by atoms with Crippen molar-refractivity contribution in [1.82, 2.24) is 36.8 Å². The Bertz CT molecular complexity index is 1750. The molecule has 332 valence electrons. The summed E-state index contributed by atoms with van der Waals surface area (Å²) in [5.74, 6) is -10.1. The van der Waals surface area contributed by atoms with Crippen LogP contribution in [0.4, 0.5) is 0 Å². The molecule has 1 aromatic rings. The van der Waals surface area contributed by atoms with E-state index in [0.717, 1.165) is 18.1 Å². The summed E-state index contributed by atoms with van der Waals surface area (Å²) < 4.78 is 0. The van der Waals surface area contributed by atoms with Crippen molar-refractivity contribution in [3.05, 3.63) is 35.4 Å². The van der Waals surface area contributed by atoms with Gasteiger partial charge in [-0.25, -0.2) is 0 Å². The molecule has 0 saturated carbocycles. The van der Waals surface area contributed by atoms with Crippen LogP contribution in [-0.4, -0.2) is 129 Å². The topological polar surface area (TPSA) is 307 Å². The van der Waals surface area contributed by atoms with Crippen LogP contribution in [0.3, 0.4) is 0 Å². The summed E-state index contributed by atoms with van der Waals surface area (Å²) in [6, 6.07) is 0.393. The highest BCUT2D eigenvalue weighted by Crippen LogP contribution is 2.26. The van der Waals surface area contributed by atoms with Crippen LogP contribution in [0, 0.1) is 11.8 Å². The molecule has 0 aliphatic carbocycles. The molecule has 20 heteroatoms. The number of aliphatic carboxylic acids is 3. The Morgan fingerprint density at radius 2 is 1.32 bits per heavy atom. The average Bonchev–Trinajstić information content (AvgIpc) is 3.17. The van der Waals surface area contributed by atoms with Gasteiger partial charge in [0, 0.05) is 45.3 Å². The number of fused-ring (bicyclic) bond motifs is 1. The van der Waals surface area contributed by atoms with Crippen LogP contribution in [0.2, 0.25) is 0 Å². The minimum Gasteiger partial charge on any atom is -0.481 e. The van der Waals surface area contributed by atoms with Crippen LogP contribution < -0.4 is 31.9 Å². The fourth-order valence-electron chi connectivity index (χ4n) is 6.66. The maximum Gasteiger partial charge on any atom is 0.322 e. The van der Waals surface area contributed by atoms with E-state index in [-0.39, 0.29) is 45.2 Å². The molecule has 0 radical (unpaired) electrons. The summed E-state index contributed by atoms with van der Waals surface area (Å²) in [5.41, 5.74) is 1.51. The quantitative estimate of drug-likeness (QED) is 0.0560. The Kier molecular flexibility index (Phi) is 20.3. The smallest absolute Gasteiger partial charge is 0.322 e. The molecule has 1 heterocycles. The minimum absolute atomic E-state index is 0.0273. The van der Waals surface area contributed by atoms with E-state index >= 15 is 0 Å². The standard InChI is InChI=1S/C40H59N7O13/c1-7-10-27(35(55)39(59)42-19-32(53)54)45-37(57)29-17-24-11-8-9-12-25(24)20-47(29)40(60)34(22(4)5)46-38(58)33(21(2)3)41-18-26(13-15-30(49)50)44-36(56)28(43-23(6)48)14-16-31(51)52/h8-9,11-12,21-22,26-29,33-34,41H,7,10,13-20H2,1-6H3,(H,42,59)(H,43,48)(H,44,56)(H,45,57)(H,46,58)(H,49,50)(H,51,52)(H,53,54)/t26-,27-,28-,29?,33-,34-/m0/s1. The molecule has 60 heavy (non-hydrogen) atoms. The third-order valence-electron chi connectivity index (χ3n) is 9.83. The molecule has 1 aliphatic rings. The number of benzene rings is 1. The van der Waals surface area contributed by atoms with Gasteiger partial charge in [-0.15, -0.1) is 0 Å². The molecular weight excluding hydrogens is 786 g/mol. The van der Waals surface area contributed by atoms with Crippen LogP contribution in [0.1, 0.15) is 91.2 Å². The second-order valence-corrected chi connectivity index (χ2v) is 15.4. The lowest BCUT2D eigenvalue weighted by atomic mass is 9.91. The fourth-order valence-corrected chi connectivity index (χ4v) is 6.66. The van der Waals surface area contributed by atoms with Crippen LogP contribution >= 0.6 is 0 Å². The predicted octanol–water partition coefficient (Wildman–Crippen LogP) is -0.531. The molecule has 6 amide bonds. The van der Waals surface area contributed by atoms with Crippen molar-refractivity contribution in [3.63, 3.8) is 0 Å². The number of amides is 6. The third kappa shape index (κ3) is 16.0. The molecule has 1 aliphatic heterocycles. The zero-order valence-corrected chi connectivity index (χ0v) is 34.9. The van der Waals surface area contributed by atoms with E-state index in [1.54, 1.807) is 58.9 Å². The van der Waals surface area contributed by atoms with E-state index in [1.165, 1.54) is 4.90 Å². The van der Waals surface area contributed by atoms with Crippen molar-refractivity contribution >= 4 is 59.1 Å². The summed E-state index contributed by atoms with van der Waals surface area (Å²) in [6.45, 7) is 8.79.